The van der Waals surface area contributed by atoms with E-state index in [0.29, 0.717) is 0 Å². The van der Waals surface area contributed by atoms with Gasteiger partial charge in [-0.05, 0) is 60.5 Å². The van der Waals surface area contributed by atoms with Gasteiger partial charge < -0.3 is 11.1 Å². The zero-order valence-corrected chi connectivity index (χ0v) is 22.0. The number of halogens is 3. The summed E-state index contributed by atoms with van der Waals surface area (Å²) in [7, 11) is -3.93. The highest BCUT2D eigenvalue weighted by Crippen LogP contribution is 2.36. The Bertz CT molecular complexity index is 1430. The molecule has 0 saturated carbocycles. The van der Waals surface area contributed by atoms with Crippen molar-refractivity contribution in [2.75, 3.05) is 23.7 Å². The van der Waals surface area contributed by atoms with Crippen molar-refractivity contribution in [1.82, 2.24) is 10.2 Å². The van der Waals surface area contributed by atoms with Gasteiger partial charge in [-0.3, -0.25) is 18.8 Å². The summed E-state index contributed by atoms with van der Waals surface area (Å²) in [6, 6.07) is 12.8. The fraction of sp³-hybridized carbons (Fsp3) is 0.259. The second-order valence-electron chi connectivity index (χ2n) is 9.47. The molecule has 0 bridgehead atoms. The van der Waals surface area contributed by atoms with Crippen molar-refractivity contribution in [3.8, 4) is 0 Å². The van der Waals surface area contributed by atoms with E-state index in [0.717, 1.165) is 33.8 Å². The van der Waals surface area contributed by atoms with Crippen molar-refractivity contribution < 1.29 is 31.2 Å². The average Bonchev–Trinajstić information content (AvgIpc) is 2.83. The molecule has 0 aromatic heterocycles. The Morgan fingerprint density at radius 3 is 1.90 bits per heavy atom. The normalized spacial score (nSPS) is 15.0. The molecule has 0 radical (unpaired) electrons. The van der Waals surface area contributed by atoms with Gasteiger partial charge in [-0.15, -0.1) is 0 Å². The molecule has 0 aliphatic carbocycles. The highest BCUT2D eigenvalue weighted by Gasteiger charge is 2.41. The van der Waals surface area contributed by atoms with Crippen molar-refractivity contribution in [2.24, 2.45) is 5.73 Å². The number of nitrogens with one attached hydrogen (secondary N) is 1. The maximum Gasteiger partial charge on any atom is 0.252 e. The fourth-order valence-electron chi connectivity index (χ4n) is 4.61. The lowest BCUT2D eigenvalue weighted by Crippen LogP contribution is -2.61. The second kappa shape index (κ2) is 11.1. The van der Waals surface area contributed by atoms with Gasteiger partial charge in [-0.25, -0.2) is 21.6 Å². The minimum absolute atomic E-state index is 0.0563. The summed E-state index contributed by atoms with van der Waals surface area (Å²) in [5.74, 6) is -3.26. The first-order valence-corrected chi connectivity index (χ1v) is 13.8. The molecule has 2 amide bonds. The number of sulfonamides is 1. The minimum Gasteiger partial charge on any atom is -0.368 e. The SMILES string of the molecule is C[C@H](NC(=O)c1cc(F)cc(N(C2CN(C(c3ccc(F)cc3)c3ccc(F)cc3)C2)S(C)(=O)=O)c1)C(N)=O. The van der Waals surface area contributed by atoms with Crippen LogP contribution in [0.2, 0.25) is 0 Å². The van der Waals surface area contributed by atoms with Crippen LogP contribution in [0.25, 0.3) is 0 Å². The molecule has 12 heteroatoms. The summed E-state index contributed by atoms with van der Waals surface area (Å²) < 4.78 is 68.5. The van der Waals surface area contributed by atoms with Crippen LogP contribution in [-0.4, -0.2) is 56.6 Å². The molecule has 1 heterocycles. The van der Waals surface area contributed by atoms with E-state index in [1.54, 1.807) is 24.3 Å². The minimum atomic E-state index is -3.93. The molecule has 3 aromatic rings. The summed E-state index contributed by atoms with van der Waals surface area (Å²) in [4.78, 5) is 25.8. The first-order chi connectivity index (χ1) is 18.3. The van der Waals surface area contributed by atoms with Crippen LogP contribution in [-0.2, 0) is 14.8 Å². The van der Waals surface area contributed by atoms with Crippen LogP contribution >= 0.6 is 0 Å². The third-order valence-corrected chi connectivity index (χ3v) is 7.71. The number of nitrogens with zero attached hydrogens (tertiary/aromatic N) is 2. The number of anilines is 1. The molecule has 1 aliphatic rings. The van der Waals surface area contributed by atoms with E-state index in [1.807, 2.05) is 4.90 Å². The van der Waals surface area contributed by atoms with Crippen LogP contribution in [0, 0.1) is 17.5 Å². The van der Waals surface area contributed by atoms with E-state index in [9.17, 15) is 31.2 Å². The van der Waals surface area contributed by atoms with E-state index >= 15 is 0 Å². The molecule has 206 valence electrons. The number of rotatable bonds is 9. The lowest BCUT2D eigenvalue weighted by molar-refractivity contribution is -0.119. The molecular weight excluding hydrogens is 533 g/mol. The molecule has 1 atom stereocenters. The quantitative estimate of drug-likeness (QED) is 0.418. The maximum atomic E-state index is 14.6. The Labute approximate surface area is 224 Å². The molecule has 1 saturated heterocycles. The van der Waals surface area contributed by atoms with Crippen molar-refractivity contribution in [3.05, 3.63) is 101 Å². The van der Waals surface area contributed by atoms with E-state index < -0.39 is 57.4 Å². The van der Waals surface area contributed by atoms with Gasteiger partial charge >= 0.3 is 0 Å². The molecular formula is C27H27F3N4O4S. The first kappa shape index (κ1) is 28.1. The number of benzene rings is 3. The predicted molar refractivity (Wildman–Crippen MR) is 140 cm³/mol. The summed E-state index contributed by atoms with van der Waals surface area (Å²) in [5, 5.41) is 2.34. The zero-order valence-electron chi connectivity index (χ0n) is 21.1. The topological polar surface area (TPSA) is 113 Å². The van der Waals surface area contributed by atoms with Gasteiger partial charge in [0.2, 0.25) is 15.9 Å². The molecule has 8 nitrogen and oxygen atoms in total. The van der Waals surface area contributed by atoms with Crippen LogP contribution in [0.5, 0.6) is 0 Å². The average molecular weight is 561 g/mol. The lowest BCUT2D eigenvalue weighted by Gasteiger charge is -2.48. The van der Waals surface area contributed by atoms with Gasteiger partial charge in [0.25, 0.3) is 5.91 Å². The summed E-state index contributed by atoms with van der Waals surface area (Å²) in [6.07, 6.45) is 0.979. The number of nitrogens with two attached hydrogens (primary N) is 1. The molecule has 39 heavy (non-hydrogen) atoms. The number of primary amides is 1. The van der Waals surface area contributed by atoms with E-state index in [2.05, 4.69) is 5.32 Å². The van der Waals surface area contributed by atoms with Crippen molar-refractivity contribution in [3.63, 3.8) is 0 Å². The maximum absolute atomic E-state index is 14.6. The van der Waals surface area contributed by atoms with Crippen LogP contribution < -0.4 is 15.4 Å². The molecule has 0 spiro atoms. The Hall–Kier alpha value is -3.90. The molecule has 3 N–H and O–H groups in total. The van der Waals surface area contributed by atoms with Crippen molar-refractivity contribution >= 4 is 27.5 Å². The standard InChI is InChI=1S/C27H27F3N4O4S/c1-16(26(31)35)32-27(36)19-11-22(30)13-23(12-19)34(39(2,37)38)24-14-33(15-24)25(17-3-7-20(28)8-4-17)18-5-9-21(29)10-6-18/h3-13,16,24-25H,14-15H2,1-2H3,(H2,31,35)(H,32,36)/t16-/m0/s1. The summed E-state index contributed by atoms with van der Waals surface area (Å²) in [5.41, 5.74) is 6.38. The summed E-state index contributed by atoms with van der Waals surface area (Å²) >= 11 is 0. The highest BCUT2D eigenvalue weighted by atomic mass is 32.2. The second-order valence-corrected chi connectivity index (χ2v) is 11.3. The van der Waals surface area contributed by atoms with Crippen LogP contribution in [0.15, 0.2) is 66.7 Å². The lowest BCUT2D eigenvalue weighted by atomic mass is 9.93. The number of hydrogen-bond donors (Lipinski definition) is 2. The largest absolute Gasteiger partial charge is 0.368 e. The van der Waals surface area contributed by atoms with Gasteiger partial charge in [0.15, 0.2) is 0 Å². The smallest absolute Gasteiger partial charge is 0.252 e. The number of hydrogen-bond acceptors (Lipinski definition) is 5. The molecule has 3 aromatic carbocycles. The zero-order chi connectivity index (χ0) is 28.5. The first-order valence-electron chi connectivity index (χ1n) is 12.0. The molecule has 0 unspecified atom stereocenters. The van der Waals surface area contributed by atoms with Crippen LogP contribution in [0.3, 0.4) is 0 Å². The Balaban J connectivity index is 1.63. The van der Waals surface area contributed by atoms with Gasteiger partial charge in [-0.2, -0.15) is 0 Å². The van der Waals surface area contributed by atoms with Crippen molar-refractivity contribution in [2.45, 2.75) is 25.0 Å². The van der Waals surface area contributed by atoms with Crippen LogP contribution in [0.4, 0.5) is 18.9 Å². The predicted octanol–water partition coefficient (Wildman–Crippen LogP) is 2.95. The molecule has 1 aliphatic heterocycles. The number of amides is 2. The number of likely N-dealkylation sites (tertiary alicyclic amines) is 1. The van der Waals surface area contributed by atoms with Crippen molar-refractivity contribution in [1.29, 1.82) is 0 Å². The molecule has 4 rings (SSSR count). The summed E-state index contributed by atoms with van der Waals surface area (Å²) in [6.45, 7) is 1.79. The Morgan fingerprint density at radius 1 is 0.923 bits per heavy atom. The Kier molecular flexibility index (Phi) is 7.98. The van der Waals surface area contributed by atoms with E-state index in [1.165, 1.54) is 37.3 Å². The fourth-order valence-corrected chi connectivity index (χ4v) is 5.77. The van der Waals surface area contributed by atoms with Gasteiger partial charge in [-0.1, -0.05) is 24.3 Å². The molecule has 1 fully saturated rings. The van der Waals surface area contributed by atoms with Crippen LogP contribution in [0.1, 0.15) is 34.5 Å². The Morgan fingerprint density at radius 2 is 1.44 bits per heavy atom. The third-order valence-electron chi connectivity index (χ3n) is 6.49. The van der Waals surface area contributed by atoms with Gasteiger partial charge in [0, 0.05) is 18.7 Å². The van der Waals surface area contributed by atoms with E-state index in [-0.39, 0.29) is 24.3 Å². The van der Waals surface area contributed by atoms with E-state index in [4.69, 9.17) is 5.73 Å². The monoisotopic (exact) mass is 560 g/mol. The third kappa shape index (κ3) is 6.40. The number of carbonyl (C=O) groups excluding carboxylic acids is 2. The van der Waals surface area contributed by atoms with Gasteiger partial charge in [0.1, 0.15) is 23.5 Å². The highest BCUT2D eigenvalue weighted by molar-refractivity contribution is 7.92. The number of carbonyl (C=O) groups is 2. The van der Waals surface area contributed by atoms with Gasteiger partial charge in [0.05, 0.1) is 24.0 Å².